The zero-order valence-electron chi connectivity index (χ0n) is 13.3. The molecule has 0 bridgehead atoms. The Morgan fingerprint density at radius 1 is 0.960 bits per heavy atom. The third kappa shape index (κ3) is 1.86. The highest BCUT2D eigenvalue weighted by Crippen LogP contribution is 2.70. The second-order valence-electron chi connectivity index (χ2n) is 6.57. The van der Waals surface area contributed by atoms with Gasteiger partial charge in [0.15, 0.2) is 5.78 Å². The highest BCUT2D eigenvalue weighted by molar-refractivity contribution is 7.10. The zero-order chi connectivity index (χ0) is 17.0. The molecule has 1 fully saturated rings. The van der Waals surface area contributed by atoms with Gasteiger partial charge in [-0.3, -0.25) is 9.59 Å². The van der Waals surface area contributed by atoms with Gasteiger partial charge in [-0.2, -0.15) is 0 Å². The minimum absolute atomic E-state index is 0.0471. The first-order valence-corrected chi connectivity index (χ1v) is 9.16. The maximum Gasteiger partial charge on any atom is 0.236 e. The van der Waals surface area contributed by atoms with Gasteiger partial charge in [-0.15, -0.1) is 11.3 Å². The minimum Gasteiger partial charge on any atom is -0.325 e. The molecule has 3 aromatic rings. The van der Waals surface area contributed by atoms with Crippen LogP contribution in [0.1, 0.15) is 26.7 Å². The smallest absolute Gasteiger partial charge is 0.236 e. The number of para-hydroxylation sites is 1. The number of rotatable bonds is 3. The number of thiophene rings is 1. The number of nitrogens with one attached hydrogen (secondary N) is 1. The van der Waals surface area contributed by atoms with E-state index in [2.05, 4.69) is 5.32 Å². The van der Waals surface area contributed by atoms with Crippen molar-refractivity contribution in [2.45, 2.75) is 11.3 Å². The van der Waals surface area contributed by atoms with Crippen molar-refractivity contribution in [3.8, 4) is 0 Å². The first-order valence-electron chi connectivity index (χ1n) is 8.28. The summed E-state index contributed by atoms with van der Waals surface area (Å²) in [6, 6.07) is 21.0. The Kier molecular flexibility index (Phi) is 3.00. The van der Waals surface area contributed by atoms with Gasteiger partial charge >= 0.3 is 0 Å². The Hall–Kier alpha value is -2.72. The van der Waals surface area contributed by atoms with Crippen LogP contribution in [-0.2, 0) is 10.2 Å². The molecule has 1 spiro atoms. The molecule has 4 heteroatoms. The van der Waals surface area contributed by atoms with Crippen molar-refractivity contribution >= 4 is 28.7 Å². The molecule has 2 heterocycles. The Balaban J connectivity index is 1.68. The van der Waals surface area contributed by atoms with Crippen LogP contribution in [0.3, 0.4) is 0 Å². The average Bonchev–Trinajstić information content (AvgIpc) is 2.92. The molecule has 1 N–H and O–H groups in total. The SMILES string of the molecule is O=C(c1ccccc1)[C@H]1[C@H](c2cccs2)[C@]12C(=O)Nc1ccccc12. The summed E-state index contributed by atoms with van der Waals surface area (Å²) in [4.78, 5) is 27.4. The summed E-state index contributed by atoms with van der Waals surface area (Å²) in [6.07, 6.45) is 0. The Labute approximate surface area is 149 Å². The number of benzene rings is 2. The van der Waals surface area contributed by atoms with E-state index in [-0.39, 0.29) is 23.5 Å². The van der Waals surface area contributed by atoms with Gasteiger partial charge in [0.05, 0.1) is 11.3 Å². The van der Waals surface area contributed by atoms with Gasteiger partial charge in [0.2, 0.25) is 5.91 Å². The van der Waals surface area contributed by atoms with Crippen molar-refractivity contribution in [2.24, 2.45) is 5.92 Å². The fourth-order valence-electron chi connectivity index (χ4n) is 4.30. The minimum atomic E-state index is -0.769. The number of hydrogen-bond donors (Lipinski definition) is 1. The lowest BCUT2D eigenvalue weighted by Crippen LogP contribution is -2.25. The van der Waals surface area contributed by atoms with Crippen LogP contribution in [0.2, 0.25) is 0 Å². The van der Waals surface area contributed by atoms with E-state index in [1.807, 2.05) is 72.1 Å². The number of carbonyl (C=O) groups excluding carboxylic acids is 2. The molecule has 0 unspecified atom stereocenters. The second kappa shape index (κ2) is 5.14. The first-order chi connectivity index (χ1) is 12.2. The monoisotopic (exact) mass is 345 g/mol. The van der Waals surface area contributed by atoms with Gasteiger partial charge in [0.25, 0.3) is 0 Å². The Bertz CT molecular complexity index is 980. The van der Waals surface area contributed by atoms with Gasteiger partial charge in [-0.05, 0) is 23.1 Å². The topological polar surface area (TPSA) is 46.2 Å². The summed E-state index contributed by atoms with van der Waals surface area (Å²) < 4.78 is 0. The van der Waals surface area contributed by atoms with Crippen LogP contribution in [0, 0.1) is 5.92 Å². The van der Waals surface area contributed by atoms with Crippen LogP contribution >= 0.6 is 11.3 Å². The molecule has 1 aliphatic carbocycles. The van der Waals surface area contributed by atoms with Crippen LogP contribution in [0.4, 0.5) is 5.69 Å². The Morgan fingerprint density at radius 3 is 2.48 bits per heavy atom. The van der Waals surface area contributed by atoms with Gasteiger partial charge in [-0.1, -0.05) is 54.6 Å². The molecular formula is C21H15NO2S. The molecule has 1 amide bonds. The number of ketones is 1. The fraction of sp³-hybridized carbons (Fsp3) is 0.143. The molecule has 3 nitrogen and oxygen atoms in total. The van der Waals surface area contributed by atoms with Gasteiger partial charge in [0.1, 0.15) is 0 Å². The first kappa shape index (κ1) is 14.6. The van der Waals surface area contributed by atoms with Gasteiger partial charge in [0, 0.05) is 22.0 Å². The van der Waals surface area contributed by atoms with Crippen molar-refractivity contribution < 1.29 is 9.59 Å². The molecule has 2 aromatic carbocycles. The number of carbonyl (C=O) groups is 2. The van der Waals surface area contributed by atoms with Crippen LogP contribution in [-0.4, -0.2) is 11.7 Å². The standard InChI is InChI=1S/C21H15NO2S/c23-19(13-7-2-1-3-8-13)18-17(16-11-6-12-25-16)21(18)14-9-4-5-10-15(14)22-20(21)24/h1-12,17-18H,(H,22,24)/t17-,18+,21-/m0/s1. The second-order valence-corrected chi connectivity index (χ2v) is 7.55. The summed E-state index contributed by atoms with van der Waals surface area (Å²) in [7, 11) is 0. The van der Waals surface area contributed by atoms with E-state index in [4.69, 9.17) is 0 Å². The molecule has 0 radical (unpaired) electrons. The number of anilines is 1. The van der Waals surface area contributed by atoms with E-state index >= 15 is 0 Å². The molecule has 122 valence electrons. The Morgan fingerprint density at radius 2 is 1.72 bits per heavy atom. The van der Waals surface area contributed by atoms with E-state index in [1.165, 1.54) is 0 Å². The largest absolute Gasteiger partial charge is 0.325 e. The van der Waals surface area contributed by atoms with Crippen molar-refractivity contribution in [1.29, 1.82) is 0 Å². The lowest BCUT2D eigenvalue weighted by Gasteiger charge is -2.08. The van der Waals surface area contributed by atoms with Crippen molar-refractivity contribution in [2.75, 3.05) is 5.32 Å². The van der Waals surface area contributed by atoms with E-state index in [0.717, 1.165) is 16.1 Å². The van der Waals surface area contributed by atoms with Crippen LogP contribution in [0.25, 0.3) is 0 Å². The number of amides is 1. The summed E-state index contributed by atoms with van der Waals surface area (Å²) >= 11 is 1.62. The quantitative estimate of drug-likeness (QED) is 0.722. The molecule has 2 aliphatic rings. The van der Waals surface area contributed by atoms with Crippen LogP contribution in [0.5, 0.6) is 0 Å². The number of Topliss-reactive ketones (excluding diaryl/α,β-unsaturated/α-hetero) is 1. The predicted molar refractivity (Wildman–Crippen MR) is 98.1 cm³/mol. The summed E-state index contributed by atoms with van der Waals surface area (Å²) in [5.74, 6) is -0.451. The van der Waals surface area contributed by atoms with Crippen molar-refractivity contribution in [1.82, 2.24) is 0 Å². The molecule has 1 aliphatic heterocycles. The summed E-state index contributed by atoms with van der Waals surface area (Å²) in [6.45, 7) is 0. The maximum absolute atomic E-state index is 13.3. The van der Waals surface area contributed by atoms with E-state index in [9.17, 15) is 9.59 Å². The normalized spacial score (nSPS) is 26.3. The number of hydrogen-bond acceptors (Lipinski definition) is 3. The van der Waals surface area contributed by atoms with E-state index in [1.54, 1.807) is 11.3 Å². The van der Waals surface area contributed by atoms with Gasteiger partial charge < -0.3 is 5.32 Å². The zero-order valence-corrected chi connectivity index (χ0v) is 14.1. The van der Waals surface area contributed by atoms with Crippen molar-refractivity contribution in [3.05, 3.63) is 88.1 Å². The molecule has 5 rings (SSSR count). The van der Waals surface area contributed by atoms with Crippen LogP contribution < -0.4 is 5.32 Å². The highest BCUT2D eigenvalue weighted by Gasteiger charge is 2.76. The maximum atomic E-state index is 13.3. The molecule has 25 heavy (non-hydrogen) atoms. The van der Waals surface area contributed by atoms with E-state index < -0.39 is 5.41 Å². The highest BCUT2D eigenvalue weighted by atomic mass is 32.1. The summed E-state index contributed by atoms with van der Waals surface area (Å²) in [5, 5.41) is 5.00. The third-order valence-electron chi connectivity index (χ3n) is 5.39. The lowest BCUT2D eigenvalue weighted by molar-refractivity contribution is -0.118. The molecule has 0 saturated heterocycles. The molecule has 1 saturated carbocycles. The molecule has 3 atom stereocenters. The number of fused-ring (bicyclic) bond motifs is 2. The molecule has 1 aromatic heterocycles. The average molecular weight is 345 g/mol. The fourth-order valence-corrected chi connectivity index (χ4v) is 5.24. The van der Waals surface area contributed by atoms with Gasteiger partial charge in [-0.25, -0.2) is 0 Å². The lowest BCUT2D eigenvalue weighted by atomic mass is 9.91. The summed E-state index contributed by atoms with van der Waals surface area (Å²) in [5.41, 5.74) is 1.68. The third-order valence-corrected chi connectivity index (χ3v) is 6.35. The van der Waals surface area contributed by atoms with Crippen molar-refractivity contribution in [3.63, 3.8) is 0 Å². The van der Waals surface area contributed by atoms with E-state index in [0.29, 0.717) is 5.56 Å². The predicted octanol–water partition coefficient (Wildman–Crippen LogP) is 4.23. The molecular weight excluding hydrogens is 330 g/mol. The van der Waals surface area contributed by atoms with Crippen LogP contribution in [0.15, 0.2) is 72.1 Å².